The van der Waals surface area contributed by atoms with Gasteiger partial charge in [-0.25, -0.2) is 4.79 Å². The van der Waals surface area contributed by atoms with Gasteiger partial charge in [-0.3, -0.25) is 24.8 Å². The van der Waals surface area contributed by atoms with Crippen LogP contribution in [0, 0.1) is 5.92 Å². The average Bonchev–Trinajstić information content (AvgIpc) is 2.86. The Morgan fingerprint density at radius 3 is 2.36 bits per heavy atom. The van der Waals surface area contributed by atoms with E-state index in [1.807, 2.05) is 0 Å². The normalized spacial score (nSPS) is 23.4. The molecule has 1 saturated heterocycles. The van der Waals surface area contributed by atoms with Crippen LogP contribution in [0.2, 0.25) is 0 Å². The molecule has 2 aliphatic rings. The number of hydrogen-bond donors (Lipinski definition) is 1. The number of nitrogens with zero attached hydrogens (tertiary/aromatic N) is 3. The molecule has 4 amide bonds. The summed E-state index contributed by atoms with van der Waals surface area (Å²) in [7, 11) is 0. The predicted octanol–water partition coefficient (Wildman–Crippen LogP) is 1.82. The lowest BCUT2D eigenvalue weighted by molar-refractivity contribution is -0.140. The predicted molar refractivity (Wildman–Crippen MR) is 96.5 cm³/mol. The van der Waals surface area contributed by atoms with Gasteiger partial charge in [-0.05, 0) is 25.9 Å². The van der Waals surface area contributed by atoms with Gasteiger partial charge in [0.1, 0.15) is 0 Å². The highest BCUT2D eigenvalue weighted by Gasteiger charge is 2.42. The van der Waals surface area contributed by atoms with Crippen LogP contribution in [0.15, 0.2) is 4.99 Å². The summed E-state index contributed by atoms with van der Waals surface area (Å²) in [5.74, 6) is -1.98. The molecule has 2 rings (SSSR count). The van der Waals surface area contributed by atoms with Gasteiger partial charge >= 0.3 is 6.03 Å². The van der Waals surface area contributed by atoms with E-state index in [0.717, 1.165) is 58.2 Å². The molecule has 1 saturated carbocycles. The molecule has 140 valence electrons. The highest BCUT2D eigenvalue weighted by atomic mass is 16.2. The molecule has 7 heteroatoms. The number of rotatable bonds is 7. The SMILES string of the molecule is CCN(CC)CCN=CC1C(=O)NC(=O)N(C2CCCCCC2)C1=O. The van der Waals surface area contributed by atoms with Crippen molar-refractivity contribution in [3.8, 4) is 0 Å². The van der Waals surface area contributed by atoms with Crippen molar-refractivity contribution in [1.82, 2.24) is 15.1 Å². The minimum absolute atomic E-state index is 0.102. The van der Waals surface area contributed by atoms with E-state index in [2.05, 4.69) is 29.1 Å². The van der Waals surface area contributed by atoms with E-state index in [-0.39, 0.29) is 6.04 Å². The minimum Gasteiger partial charge on any atom is -0.302 e. The zero-order valence-electron chi connectivity index (χ0n) is 15.4. The smallest absolute Gasteiger partial charge is 0.302 e. The molecule has 0 radical (unpaired) electrons. The van der Waals surface area contributed by atoms with Crippen molar-refractivity contribution in [2.75, 3.05) is 26.2 Å². The van der Waals surface area contributed by atoms with E-state index < -0.39 is 23.8 Å². The fourth-order valence-corrected chi connectivity index (χ4v) is 3.52. The van der Waals surface area contributed by atoms with E-state index in [1.165, 1.54) is 11.1 Å². The number of likely N-dealkylation sites (N-methyl/N-ethyl adjacent to an activating group) is 1. The molecule has 1 heterocycles. The van der Waals surface area contributed by atoms with Crippen molar-refractivity contribution in [2.24, 2.45) is 10.9 Å². The van der Waals surface area contributed by atoms with Crippen LogP contribution >= 0.6 is 0 Å². The summed E-state index contributed by atoms with van der Waals surface area (Å²) in [6.07, 6.45) is 7.34. The van der Waals surface area contributed by atoms with Crippen molar-refractivity contribution in [3.63, 3.8) is 0 Å². The fourth-order valence-electron chi connectivity index (χ4n) is 3.52. The first kappa shape index (κ1) is 19.6. The second-order valence-corrected chi connectivity index (χ2v) is 6.71. The summed E-state index contributed by atoms with van der Waals surface area (Å²) < 4.78 is 0. The molecule has 25 heavy (non-hydrogen) atoms. The number of nitrogens with one attached hydrogen (secondary N) is 1. The largest absolute Gasteiger partial charge is 0.331 e. The Morgan fingerprint density at radius 1 is 1.12 bits per heavy atom. The van der Waals surface area contributed by atoms with Gasteiger partial charge < -0.3 is 4.90 Å². The van der Waals surface area contributed by atoms with Gasteiger partial charge in [-0.1, -0.05) is 39.5 Å². The number of aliphatic imine (C=N–C) groups is 1. The second-order valence-electron chi connectivity index (χ2n) is 6.71. The van der Waals surface area contributed by atoms with Crippen molar-refractivity contribution >= 4 is 24.1 Å². The number of carbonyl (C=O) groups excluding carboxylic acids is 3. The highest BCUT2D eigenvalue weighted by Crippen LogP contribution is 2.24. The maximum atomic E-state index is 12.7. The number of carbonyl (C=O) groups is 3. The van der Waals surface area contributed by atoms with Gasteiger partial charge in [0.25, 0.3) is 0 Å². The van der Waals surface area contributed by atoms with Crippen LogP contribution in [0.3, 0.4) is 0 Å². The number of urea groups is 1. The van der Waals surface area contributed by atoms with Crippen molar-refractivity contribution in [1.29, 1.82) is 0 Å². The lowest BCUT2D eigenvalue weighted by atomic mass is 10.0. The zero-order chi connectivity index (χ0) is 18.2. The summed E-state index contributed by atoms with van der Waals surface area (Å²) in [5, 5.41) is 2.33. The molecule has 0 aromatic heterocycles. The van der Waals surface area contributed by atoms with E-state index >= 15 is 0 Å². The van der Waals surface area contributed by atoms with Gasteiger partial charge in [-0.15, -0.1) is 0 Å². The third-order valence-electron chi connectivity index (χ3n) is 5.12. The van der Waals surface area contributed by atoms with Crippen LogP contribution < -0.4 is 5.32 Å². The monoisotopic (exact) mass is 350 g/mol. The maximum absolute atomic E-state index is 12.7. The first-order valence-electron chi connectivity index (χ1n) is 9.48. The fraction of sp³-hybridized carbons (Fsp3) is 0.778. The Bertz CT molecular complexity index is 508. The molecular weight excluding hydrogens is 320 g/mol. The lowest BCUT2D eigenvalue weighted by Crippen LogP contribution is -2.61. The second kappa shape index (κ2) is 9.65. The Morgan fingerprint density at radius 2 is 1.76 bits per heavy atom. The minimum atomic E-state index is -0.988. The van der Waals surface area contributed by atoms with E-state index in [1.54, 1.807) is 0 Å². The Hall–Kier alpha value is -1.76. The van der Waals surface area contributed by atoms with E-state index in [0.29, 0.717) is 6.54 Å². The van der Waals surface area contributed by atoms with Crippen molar-refractivity contribution < 1.29 is 14.4 Å². The number of amides is 4. The number of hydrogen-bond acceptors (Lipinski definition) is 5. The van der Waals surface area contributed by atoms with Crippen LogP contribution in [0.4, 0.5) is 4.79 Å². The topological polar surface area (TPSA) is 82.1 Å². The maximum Gasteiger partial charge on any atom is 0.331 e. The lowest BCUT2D eigenvalue weighted by Gasteiger charge is -2.34. The molecule has 1 atom stereocenters. The average molecular weight is 350 g/mol. The standard InChI is InChI=1S/C18H30N4O3/c1-3-21(4-2)12-11-19-13-15-16(23)20-18(25)22(17(15)24)14-9-7-5-6-8-10-14/h13-15H,3-12H2,1-2H3,(H,20,23,25). The molecule has 0 spiro atoms. The number of imide groups is 2. The molecule has 7 nitrogen and oxygen atoms in total. The summed E-state index contributed by atoms with van der Waals surface area (Å²) in [5.41, 5.74) is 0. The third kappa shape index (κ3) is 5.11. The van der Waals surface area contributed by atoms with Crippen LogP contribution in [-0.4, -0.2) is 66.1 Å². The molecule has 0 aromatic carbocycles. The van der Waals surface area contributed by atoms with Crippen LogP contribution in [0.5, 0.6) is 0 Å². The Kier molecular flexibility index (Phi) is 7.55. The Labute approximate surface area is 149 Å². The van der Waals surface area contributed by atoms with Crippen LogP contribution in [-0.2, 0) is 9.59 Å². The summed E-state index contributed by atoms with van der Waals surface area (Å²) in [6.45, 7) is 7.38. The molecule has 0 bridgehead atoms. The molecule has 1 aliphatic carbocycles. The third-order valence-corrected chi connectivity index (χ3v) is 5.12. The summed E-state index contributed by atoms with van der Waals surface area (Å²) in [6, 6.07) is -0.677. The van der Waals surface area contributed by atoms with Crippen LogP contribution in [0.25, 0.3) is 0 Å². The van der Waals surface area contributed by atoms with Crippen molar-refractivity contribution in [3.05, 3.63) is 0 Å². The first-order valence-corrected chi connectivity index (χ1v) is 9.48. The van der Waals surface area contributed by atoms with Gasteiger partial charge in [0.2, 0.25) is 11.8 Å². The van der Waals surface area contributed by atoms with Gasteiger partial charge in [0, 0.05) is 18.8 Å². The molecule has 1 aliphatic heterocycles. The zero-order valence-corrected chi connectivity index (χ0v) is 15.4. The molecule has 0 aromatic rings. The molecular formula is C18H30N4O3. The number of barbiturate groups is 1. The molecule has 1 unspecified atom stereocenters. The summed E-state index contributed by atoms with van der Waals surface area (Å²) >= 11 is 0. The van der Waals surface area contributed by atoms with Gasteiger partial charge in [0.15, 0.2) is 5.92 Å². The quantitative estimate of drug-likeness (QED) is 0.431. The molecule has 2 fully saturated rings. The first-order chi connectivity index (χ1) is 12.1. The Balaban J connectivity index is 2.01. The van der Waals surface area contributed by atoms with Crippen LogP contribution in [0.1, 0.15) is 52.4 Å². The molecule has 1 N–H and O–H groups in total. The highest BCUT2D eigenvalue weighted by molar-refractivity contribution is 6.23. The van der Waals surface area contributed by atoms with E-state index in [4.69, 9.17) is 0 Å². The van der Waals surface area contributed by atoms with E-state index in [9.17, 15) is 14.4 Å². The summed E-state index contributed by atoms with van der Waals surface area (Å²) in [4.78, 5) is 44.8. The van der Waals surface area contributed by atoms with Gasteiger partial charge in [0.05, 0.1) is 6.54 Å². The van der Waals surface area contributed by atoms with Crippen molar-refractivity contribution in [2.45, 2.75) is 58.4 Å². The van der Waals surface area contributed by atoms with Gasteiger partial charge in [-0.2, -0.15) is 0 Å².